The molecule has 0 aromatic heterocycles. The predicted octanol–water partition coefficient (Wildman–Crippen LogP) is 2.43. The van der Waals surface area contributed by atoms with Gasteiger partial charge in [0.1, 0.15) is 5.75 Å². The number of ether oxygens (including phenoxy) is 2. The third kappa shape index (κ3) is 4.80. The van der Waals surface area contributed by atoms with Crippen molar-refractivity contribution in [2.24, 2.45) is 0 Å². The summed E-state index contributed by atoms with van der Waals surface area (Å²) >= 11 is 0. The van der Waals surface area contributed by atoms with E-state index in [1.54, 1.807) is 12.1 Å². The van der Waals surface area contributed by atoms with E-state index >= 15 is 0 Å². The van der Waals surface area contributed by atoms with E-state index in [-0.39, 0.29) is 23.2 Å². The molecule has 0 atom stereocenters. The Hall–Kier alpha value is -1.92. The first-order chi connectivity index (χ1) is 11.2. The fourth-order valence-electron chi connectivity index (χ4n) is 2.31. The fraction of sp³-hybridized carbons (Fsp3) is 0.579. The summed E-state index contributed by atoms with van der Waals surface area (Å²) in [5.74, 6) is -6.10. The largest absolute Gasteiger partial charge is 0.462 e. The second kappa shape index (κ2) is 7.14. The van der Waals surface area contributed by atoms with Crippen LogP contribution < -0.4 is 4.74 Å². The van der Waals surface area contributed by atoms with Gasteiger partial charge in [0.05, 0.1) is 6.61 Å². The fourth-order valence-corrected chi connectivity index (χ4v) is 2.31. The summed E-state index contributed by atoms with van der Waals surface area (Å²) in [5, 5.41) is 19.7. The highest BCUT2D eigenvalue weighted by Crippen LogP contribution is 2.40. The van der Waals surface area contributed by atoms with E-state index in [4.69, 9.17) is 4.74 Å². The van der Waals surface area contributed by atoms with E-state index in [9.17, 15) is 19.8 Å². The number of aliphatic hydroxyl groups is 2. The Morgan fingerprint density at radius 2 is 1.36 bits per heavy atom. The van der Waals surface area contributed by atoms with Gasteiger partial charge in [0.25, 0.3) is 0 Å². The average Bonchev–Trinajstić information content (AvgIpc) is 2.45. The summed E-state index contributed by atoms with van der Waals surface area (Å²) in [6.07, 6.45) is 0. The molecule has 1 rings (SSSR count). The summed E-state index contributed by atoms with van der Waals surface area (Å²) in [4.78, 5) is 23.9. The molecule has 0 aliphatic rings. The molecule has 0 fully saturated rings. The smallest absolute Gasteiger partial charge is 0.384 e. The van der Waals surface area contributed by atoms with Crippen molar-refractivity contribution in [1.29, 1.82) is 0 Å². The minimum Gasteiger partial charge on any atom is -0.462 e. The van der Waals surface area contributed by atoms with E-state index in [1.165, 1.54) is 6.92 Å². The lowest BCUT2D eigenvalue weighted by molar-refractivity contribution is -0.218. The van der Waals surface area contributed by atoms with Crippen LogP contribution in [0.2, 0.25) is 0 Å². The van der Waals surface area contributed by atoms with Gasteiger partial charge in [-0.2, -0.15) is 0 Å². The first kappa shape index (κ1) is 21.1. The molecule has 25 heavy (non-hydrogen) atoms. The van der Waals surface area contributed by atoms with Crippen LogP contribution in [0, 0.1) is 0 Å². The second-order valence-corrected chi connectivity index (χ2v) is 7.96. The van der Waals surface area contributed by atoms with E-state index in [1.807, 2.05) is 47.6 Å². The van der Waals surface area contributed by atoms with Gasteiger partial charge in [-0.05, 0) is 17.8 Å². The van der Waals surface area contributed by atoms with Gasteiger partial charge in [-0.15, -0.1) is 0 Å². The molecule has 0 heterocycles. The molecule has 0 saturated carbocycles. The highest BCUT2D eigenvalue weighted by Gasteiger charge is 2.47. The van der Waals surface area contributed by atoms with Crippen molar-refractivity contribution in [3.05, 3.63) is 29.3 Å². The van der Waals surface area contributed by atoms with Crippen molar-refractivity contribution < 1.29 is 29.3 Å². The lowest BCUT2D eigenvalue weighted by Gasteiger charge is -2.29. The van der Waals surface area contributed by atoms with Crippen LogP contribution in [0.4, 0.5) is 0 Å². The van der Waals surface area contributed by atoms with Crippen LogP contribution in [-0.2, 0) is 25.2 Å². The zero-order chi connectivity index (χ0) is 19.6. The molecule has 1 aromatic rings. The van der Waals surface area contributed by atoms with Gasteiger partial charge in [0.15, 0.2) is 0 Å². The standard InChI is InChI=1S/C19H28O6/c1-8-24-15(20)19(22,23)16(21)25-14-12(17(2,3)4)10-9-11-13(14)18(5,6)7/h9-11,22-23H,8H2,1-7H3. The summed E-state index contributed by atoms with van der Waals surface area (Å²) in [6.45, 7) is 13.1. The highest BCUT2D eigenvalue weighted by molar-refractivity contribution is 6.02. The molecule has 2 N–H and O–H groups in total. The molecule has 0 saturated heterocycles. The monoisotopic (exact) mass is 352 g/mol. The molecular weight excluding hydrogens is 324 g/mol. The molecule has 0 aliphatic carbocycles. The first-order valence-corrected chi connectivity index (χ1v) is 8.21. The molecule has 0 amide bonds. The van der Waals surface area contributed by atoms with Gasteiger partial charge >= 0.3 is 17.7 Å². The molecule has 6 heteroatoms. The maximum atomic E-state index is 12.3. The van der Waals surface area contributed by atoms with E-state index < -0.39 is 17.7 Å². The molecular formula is C19H28O6. The Morgan fingerprint density at radius 3 is 1.72 bits per heavy atom. The summed E-state index contributed by atoms with van der Waals surface area (Å²) in [5.41, 5.74) is 0.698. The Kier molecular flexibility index (Phi) is 6.03. The van der Waals surface area contributed by atoms with Gasteiger partial charge in [-0.3, -0.25) is 0 Å². The maximum absolute atomic E-state index is 12.3. The van der Waals surface area contributed by atoms with Crippen LogP contribution in [0.3, 0.4) is 0 Å². The SMILES string of the molecule is CCOC(=O)C(O)(O)C(=O)Oc1c(C(C)(C)C)cccc1C(C)(C)C. The number of carbonyl (C=O) groups is 2. The summed E-state index contributed by atoms with van der Waals surface area (Å²) in [6, 6.07) is 5.46. The van der Waals surface area contributed by atoms with Crippen LogP contribution in [0.15, 0.2) is 18.2 Å². The second-order valence-electron chi connectivity index (χ2n) is 7.96. The van der Waals surface area contributed by atoms with Gasteiger partial charge < -0.3 is 19.7 Å². The number of carbonyl (C=O) groups excluding carboxylic acids is 2. The van der Waals surface area contributed by atoms with Crippen molar-refractivity contribution >= 4 is 11.9 Å². The number of benzene rings is 1. The highest BCUT2D eigenvalue weighted by atomic mass is 16.6. The first-order valence-electron chi connectivity index (χ1n) is 8.21. The molecule has 6 nitrogen and oxygen atoms in total. The third-order valence-corrected chi connectivity index (χ3v) is 3.67. The van der Waals surface area contributed by atoms with Crippen molar-refractivity contribution in [3.63, 3.8) is 0 Å². The number of hydrogen-bond acceptors (Lipinski definition) is 6. The Bertz CT molecular complexity index is 615. The quantitative estimate of drug-likeness (QED) is 0.374. The zero-order valence-corrected chi connectivity index (χ0v) is 16.0. The molecule has 1 aromatic carbocycles. The van der Waals surface area contributed by atoms with E-state index in [0.717, 1.165) is 0 Å². The Balaban J connectivity index is 3.41. The molecule has 0 unspecified atom stereocenters. The topological polar surface area (TPSA) is 93.1 Å². The van der Waals surface area contributed by atoms with Crippen LogP contribution in [-0.4, -0.2) is 34.5 Å². The van der Waals surface area contributed by atoms with Gasteiger partial charge in [-0.25, -0.2) is 9.59 Å². The van der Waals surface area contributed by atoms with Crippen molar-refractivity contribution in [2.45, 2.75) is 65.1 Å². The van der Waals surface area contributed by atoms with Crippen molar-refractivity contribution in [3.8, 4) is 5.75 Å². The van der Waals surface area contributed by atoms with Gasteiger partial charge in [0, 0.05) is 11.1 Å². The molecule has 0 radical (unpaired) electrons. The number of esters is 2. The number of para-hydroxylation sites is 1. The van der Waals surface area contributed by atoms with Crippen LogP contribution in [0.1, 0.15) is 59.6 Å². The maximum Gasteiger partial charge on any atom is 0.384 e. The minimum absolute atomic E-state index is 0.0964. The van der Waals surface area contributed by atoms with Gasteiger partial charge in [-0.1, -0.05) is 59.7 Å². The third-order valence-electron chi connectivity index (χ3n) is 3.67. The zero-order valence-electron chi connectivity index (χ0n) is 16.0. The van der Waals surface area contributed by atoms with Crippen LogP contribution in [0.5, 0.6) is 5.75 Å². The summed E-state index contributed by atoms with van der Waals surface area (Å²) in [7, 11) is 0. The van der Waals surface area contributed by atoms with E-state index in [0.29, 0.717) is 11.1 Å². The minimum atomic E-state index is -3.36. The normalized spacial score (nSPS) is 12.7. The van der Waals surface area contributed by atoms with Crippen molar-refractivity contribution in [1.82, 2.24) is 0 Å². The lowest BCUT2D eigenvalue weighted by atomic mass is 9.79. The Morgan fingerprint density at radius 1 is 0.920 bits per heavy atom. The predicted molar refractivity (Wildman–Crippen MR) is 93.3 cm³/mol. The van der Waals surface area contributed by atoms with Crippen LogP contribution >= 0.6 is 0 Å². The molecule has 0 bridgehead atoms. The van der Waals surface area contributed by atoms with Crippen LogP contribution in [0.25, 0.3) is 0 Å². The number of rotatable bonds is 4. The molecule has 0 spiro atoms. The van der Waals surface area contributed by atoms with E-state index in [2.05, 4.69) is 4.74 Å². The molecule has 0 aliphatic heterocycles. The average molecular weight is 352 g/mol. The molecule has 140 valence electrons. The lowest BCUT2D eigenvalue weighted by Crippen LogP contribution is -2.50. The number of hydrogen-bond donors (Lipinski definition) is 2. The van der Waals surface area contributed by atoms with Gasteiger partial charge in [0.2, 0.25) is 0 Å². The summed E-state index contributed by atoms with van der Waals surface area (Å²) < 4.78 is 9.84. The Labute approximate surface area is 148 Å². The van der Waals surface area contributed by atoms with Crippen molar-refractivity contribution in [2.75, 3.05) is 6.61 Å².